The second-order valence-corrected chi connectivity index (χ2v) is 4.51. The van der Waals surface area contributed by atoms with Gasteiger partial charge in [0.15, 0.2) is 6.10 Å². The predicted octanol–water partition coefficient (Wildman–Crippen LogP) is 1.12. The molecule has 0 amide bonds. The second-order valence-electron chi connectivity index (χ2n) is 4.51. The molecule has 1 rings (SSSR count). The first-order chi connectivity index (χ1) is 7.80. The third kappa shape index (κ3) is 2.55. The summed E-state index contributed by atoms with van der Waals surface area (Å²) < 4.78 is 5.03. The van der Waals surface area contributed by atoms with Gasteiger partial charge in [-0.1, -0.05) is 13.8 Å². The van der Waals surface area contributed by atoms with Crippen molar-refractivity contribution >= 4 is 5.97 Å². The summed E-state index contributed by atoms with van der Waals surface area (Å²) in [6, 6.07) is 1.78. The number of aryl methyl sites for hydroxylation is 1. The molecule has 1 aromatic rings. The highest BCUT2D eigenvalue weighted by Gasteiger charge is 2.35. The molecule has 1 heterocycles. The lowest BCUT2D eigenvalue weighted by molar-refractivity contribution is -0.150. The Bertz CT molecular complexity index is 429. The fourth-order valence-electron chi connectivity index (χ4n) is 1.59. The standard InChI is InChI=1S/C12H17NO4/c1-7-5-8(6-13-10(7)17-4)12(2,3)9(14)11(15)16/h5-6,9,14H,1-4H3,(H,15,16). The van der Waals surface area contributed by atoms with Crippen LogP contribution in [-0.4, -0.2) is 34.4 Å². The Labute approximate surface area is 100 Å². The fourth-order valence-corrected chi connectivity index (χ4v) is 1.59. The summed E-state index contributed by atoms with van der Waals surface area (Å²) in [6.07, 6.45) is 0.0509. The summed E-state index contributed by atoms with van der Waals surface area (Å²) >= 11 is 0. The molecule has 0 bridgehead atoms. The minimum Gasteiger partial charge on any atom is -0.481 e. The number of aliphatic carboxylic acids is 1. The van der Waals surface area contributed by atoms with Crippen LogP contribution in [0.25, 0.3) is 0 Å². The lowest BCUT2D eigenvalue weighted by atomic mass is 9.80. The van der Waals surface area contributed by atoms with Gasteiger partial charge in [-0.25, -0.2) is 9.78 Å². The molecule has 0 aliphatic rings. The zero-order valence-corrected chi connectivity index (χ0v) is 10.4. The van der Waals surface area contributed by atoms with Crippen LogP contribution >= 0.6 is 0 Å². The fraction of sp³-hybridized carbons (Fsp3) is 0.500. The first-order valence-electron chi connectivity index (χ1n) is 5.22. The molecule has 94 valence electrons. The topological polar surface area (TPSA) is 79.7 Å². The molecule has 1 atom stereocenters. The van der Waals surface area contributed by atoms with Gasteiger partial charge in [0.05, 0.1) is 7.11 Å². The molecule has 1 aromatic heterocycles. The molecular formula is C12H17NO4. The van der Waals surface area contributed by atoms with E-state index in [-0.39, 0.29) is 0 Å². The highest BCUT2D eigenvalue weighted by molar-refractivity contribution is 5.74. The lowest BCUT2D eigenvalue weighted by Crippen LogP contribution is -2.40. The molecule has 0 spiro atoms. The van der Waals surface area contributed by atoms with Gasteiger partial charge in [-0.3, -0.25) is 0 Å². The first-order valence-corrected chi connectivity index (χ1v) is 5.22. The molecule has 17 heavy (non-hydrogen) atoms. The number of carboxylic acid groups (broad SMARTS) is 1. The maximum atomic E-state index is 10.8. The largest absolute Gasteiger partial charge is 0.481 e. The lowest BCUT2D eigenvalue weighted by Gasteiger charge is -2.28. The van der Waals surface area contributed by atoms with Gasteiger partial charge < -0.3 is 14.9 Å². The Morgan fingerprint density at radius 1 is 1.53 bits per heavy atom. The second kappa shape index (κ2) is 4.71. The number of methoxy groups -OCH3 is 1. The highest BCUT2D eigenvalue weighted by Crippen LogP contribution is 2.29. The third-order valence-corrected chi connectivity index (χ3v) is 2.89. The monoisotopic (exact) mass is 239 g/mol. The molecule has 0 aromatic carbocycles. The van der Waals surface area contributed by atoms with Crippen LogP contribution in [0.15, 0.2) is 12.3 Å². The van der Waals surface area contributed by atoms with Crippen LogP contribution in [0.1, 0.15) is 25.0 Å². The number of hydrogen-bond acceptors (Lipinski definition) is 4. The number of pyridine rings is 1. The number of nitrogens with zero attached hydrogens (tertiary/aromatic N) is 1. The Kier molecular flexibility index (Phi) is 3.72. The number of carboxylic acids is 1. The summed E-state index contributed by atoms with van der Waals surface area (Å²) in [6.45, 7) is 5.14. The minimum absolute atomic E-state index is 0.495. The minimum atomic E-state index is -1.47. The summed E-state index contributed by atoms with van der Waals surface area (Å²) in [5.74, 6) is -0.752. The normalized spacial score (nSPS) is 13.2. The third-order valence-electron chi connectivity index (χ3n) is 2.89. The first kappa shape index (κ1) is 13.4. The van der Waals surface area contributed by atoms with Gasteiger partial charge in [-0.05, 0) is 18.6 Å². The van der Waals surface area contributed by atoms with Crippen molar-refractivity contribution in [2.75, 3.05) is 7.11 Å². The highest BCUT2D eigenvalue weighted by atomic mass is 16.5. The van der Waals surface area contributed by atoms with Crippen LogP contribution in [0.2, 0.25) is 0 Å². The van der Waals surface area contributed by atoms with Gasteiger partial charge >= 0.3 is 5.97 Å². The number of ether oxygens (including phenoxy) is 1. The van der Waals surface area contributed by atoms with Gasteiger partial charge in [0, 0.05) is 17.2 Å². The number of rotatable bonds is 4. The van der Waals surface area contributed by atoms with Crippen LogP contribution in [-0.2, 0) is 10.2 Å². The van der Waals surface area contributed by atoms with E-state index in [0.717, 1.165) is 5.56 Å². The van der Waals surface area contributed by atoms with E-state index in [9.17, 15) is 9.90 Å². The van der Waals surface area contributed by atoms with Gasteiger partial charge in [0.25, 0.3) is 0 Å². The van der Waals surface area contributed by atoms with E-state index in [1.54, 1.807) is 19.9 Å². The van der Waals surface area contributed by atoms with Crippen LogP contribution in [0.3, 0.4) is 0 Å². The number of aromatic nitrogens is 1. The molecule has 0 saturated heterocycles. The van der Waals surface area contributed by atoms with E-state index in [1.165, 1.54) is 13.3 Å². The molecule has 0 aliphatic heterocycles. The van der Waals surface area contributed by atoms with E-state index < -0.39 is 17.5 Å². The van der Waals surface area contributed by atoms with Gasteiger partial charge in [0.2, 0.25) is 5.88 Å². The molecule has 0 saturated carbocycles. The van der Waals surface area contributed by atoms with E-state index in [1.807, 2.05) is 6.92 Å². The van der Waals surface area contributed by atoms with Crippen LogP contribution in [0.5, 0.6) is 5.88 Å². The van der Waals surface area contributed by atoms with Crippen LogP contribution in [0, 0.1) is 6.92 Å². The quantitative estimate of drug-likeness (QED) is 0.823. The van der Waals surface area contributed by atoms with Crippen molar-refractivity contribution in [2.24, 2.45) is 0 Å². The number of aliphatic hydroxyl groups excluding tert-OH is 1. The summed E-state index contributed by atoms with van der Waals surface area (Å²) in [5.41, 5.74) is 0.553. The Morgan fingerprint density at radius 3 is 2.53 bits per heavy atom. The maximum absolute atomic E-state index is 10.8. The maximum Gasteiger partial charge on any atom is 0.333 e. The molecule has 0 aliphatic carbocycles. The Hall–Kier alpha value is -1.62. The van der Waals surface area contributed by atoms with Crippen molar-refractivity contribution in [2.45, 2.75) is 32.3 Å². The SMILES string of the molecule is COc1ncc(C(C)(C)C(O)C(=O)O)cc1C. The Balaban J connectivity index is 3.15. The number of carbonyl (C=O) groups is 1. The van der Waals surface area contributed by atoms with Gasteiger partial charge in [0.1, 0.15) is 0 Å². The number of hydrogen-bond donors (Lipinski definition) is 2. The van der Waals surface area contributed by atoms with E-state index in [2.05, 4.69) is 4.98 Å². The van der Waals surface area contributed by atoms with Gasteiger partial charge in [-0.2, -0.15) is 0 Å². The van der Waals surface area contributed by atoms with Crippen LogP contribution in [0.4, 0.5) is 0 Å². The van der Waals surface area contributed by atoms with E-state index in [4.69, 9.17) is 9.84 Å². The number of aliphatic hydroxyl groups is 1. The Morgan fingerprint density at radius 2 is 2.12 bits per heavy atom. The molecule has 5 nitrogen and oxygen atoms in total. The molecular weight excluding hydrogens is 222 g/mol. The summed E-state index contributed by atoms with van der Waals surface area (Å²) in [7, 11) is 1.52. The van der Waals surface area contributed by atoms with Crippen molar-refractivity contribution < 1.29 is 19.7 Å². The van der Waals surface area contributed by atoms with E-state index in [0.29, 0.717) is 11.4 Å². The smallest absolute Gasteiger partial charge is 0.333 e. The molecule has 0 fully saturated rings. The van der Waals surface area contributed by atoms with Crippen molar-refractivity contribution in [3.63, 3.8) is 0 Å². The van der Waals surface area contributed by atoms with Crippen LogP contribution < -0.4 is 4.74 Å². The zero-order valence-electron chi connectivity index (χ0n) is 10.4. The summed E-state index contributed by atoms with van der Waals surface area (Å²) in [4.78, 5) is 14.9. The zero-order chi connectivity index (χ0) is 13.2. The predicted molar refractivity (Wildman–Crippen MR) is 62.2 cm³/mol. The van der Waals surface area contributed by atoms with Gasteiger partial charge in [-0.15, -0.1) is 0 Å². The van der Waals surface area contributed by atoms with Crippen molar-refractivity contribution in [3.8, 4) is 5.88 Å². The van der Waals surface area contributed by atoms with Crippen molar-refractivity contribution in [1.29, 1.82) is 0 Å². The molecule has 1 unspecified atom stereocenters. The molecule has 0 radical (unpaired) electrons. The summed E-state index contributed by atoms with van der Waals surface area (Å²) in [5, 5.41) is 18.5. The van der Waals surface area contributed by atoms with E-state index >= 15 is 0 Å². The average Bonchev–Trinajstić information content (AvgIpc) is 2.27. The molecule has 5 heteroatoms. The average molecular weight is 239 g/mol. The molecule has 2 N–H and O–H groups in total. The van der Waals surface area contributed by atoms with Crippen molar-refractivity contribution in [3.05, 3.63) is 23.4 Å². The van der Waals surface area contributed by atoms with Crippen molar-refractivity contribution in [1.82, 2.24) is 4.98 Å².